The van der Waals surface area contributed by atoms with E-state index in [1.54, 1.807) is 6.07 Å². The highest BCUT2D eigenvalue weighted by molar-refractivity contribution is 7.91. The summed E-state index contributed by atoms with van der Waals surface area (Å²) in [7, 11) is -3.08. The summed E-state index contributed by atoms with van der Waals surface area (Å²) in [6.07, 6.45) is 1.77. The quantitative estimate of drug-likeness (QED) is 0.846. The van der Waals surface area contributed by atoms with Crippen LogP contribution >= 0.6 is 0 Å². The van der Waals surface area contributed by atoms with Crippen LogP contribution in [0.15, 0.2) is 42.6 Å². The first kappa shape index (κ1) is 18.1. The molecule has 1 aliphatic heterocycles. The van der Waals surface area contributed by atoms with Gasteiger partial charge in [0.25, 0.3) is 11.8 Å². The van der Waals surface area contributed by atoms with E-state index in [4.69, 9.17) is 0 Å². The maximum Gasteiger partial charge on any atom is 0.270 e. The fourth-order valence-electron chi connectivity index (χ4n) is 2.79. The Hall–Kier alpha value is -2.74. The molecule has 0 spiro atoms. The number of carbonyl (C=O) groups excluding carboxylic acids is 2. The minimum Gasteiger partial charge on any atom is -0.347 e. The molecule has 2 heterocycles. The number of amides is 2. The summed E-state index contributed by atoms with van der Waals surface area (Å²) >= 11 is 0. The first-order valence-corrected chi connectivity index (χ1v) is 10.00. The lowest BCUT2D eigenvalue weighted by atomic mass is 10.1. The number of rotatable bonds is 4. The normalized spacial score (nSPS) is 18.3. The second-order valence-electron chi connectivity index (χ2n) is 6.33. The van der Waals surface area contributed by atoms with Crippen LogP contribution < -0.4 is 10.6 Å². The Morgan fingerprint density at radius 2 is 1.96 bits per heavy atom. The Labute approximate surface area is 151 Å². The number of benzene rings is 1. The number of aromatic nitrogens is 1. The average molecular weight is 373 g/mol. The van der Waals surface area contributed by atoms with Crippen molar-refractivity contribution >= 4 is 27.3 Å². The number of nitrogens with one attached hydrogen (secondary N) is 2. The third-order valence-electron chi connectivity index (χ3n) is 4.10. The van der Waals surface area contributed by atoms with E-state index in [1.165, 1.54) is 18.3 Å². The molecule has 1 aromatic carbocycles. The number of aryl methyl sites for hydroxylation is 1. The monoisotopic (exact) mass is 373 g/mol. The predicted octanol–water partition coefficient (Wildman–Crippen LogP) is 1.56. The van der Waals surface area contributed by atoms with Crippen molar-refractivity contribution in [1.29, 1.82) is 0 Å². The summed E-state index contributed by atoms with van der Waals surface area (Å²) in [6.45, 7) is 1.92. The molecule has 0 bridgehead atoms. The van der Waals surface area contributed by atoms with Gasteiger partial charge in [-0.15, -0.1) is 0 Å². The molecule has 3 rings (SSSR count). The molecule has 1 saturated heterocycles. The fourth-order valence-corrected chi connectivity index (χ4v) is 4.46. The Balaban J connectivity index is 1.69. The van der Waals surface area contributed by atoms with Crippen LogP contribution in [0, 0.1) is 6.92 Å². The van der Waals surface area contributed by atoms with Gasteiger partial charge in [-0.1, -0.05) is 12.1 Å². The SMILES string of the molecule is Cc1cccc(NC(=O)c2ccnc(C(=O)NC3CCS(=O)(=O)C3)c2)c1. The largest absolute Gasteiger partial charge is 0.347 e. The maximum absolute atomic E-state index is 12.4. The van der Waals surface area contributed by atoms with Crippen molar-refractivity contribution in [3.05, 3.63) is 59.4 Å². The lowest BCUT2D eigenvalue weighted by molar-refractivity contribution is 0.0936. The highest BCUT2D eigenvalue weighted by Crippen LogP contribution is 2.14. The van der Waals surface area contributed by atoms with E-state index in [-0.39, 0.29) is 23.1 Å². The Morgan fingerprint density at radius 3 is 2.65 bits per heavy atom. The van der Waals surface area contributed by atoms with Gasteiger partial charge in [0.15, 0.2) is 9.84 Å². The Morgan fingerprint density at radius 1 is 1.15 bits per heavy atom. The van der Waals surface area contributed by atoms with E-state index >= 15 is 0 Å². The van der Waals surface area contributed by atoms with Crippen molar-refractivity contribution in [3.8, 4) is 0 Å². The molecular weight excluding hydrogens is 354 g/mol. The average Bonchev–Trinajstić information content (AvgIpc) is 2.93. The van der Waals surface area contributed by atoms with E-state index < -0.39 is 21.8 Å². The van der Waals surface area contributed by atoms with Crippen molar-refractivity contribution in [2.24, 2.45) is 0 Å². The maximum atomic E-state index is 12.4. The predicted molar refractivity (Wildman–Crippen MR) is 97.9 cm³/mol. The van der Waals surface area contributed by atoms with E-state index in [0.29, 0.717) is 17.7 Å². The van der Waals surface area contributed by atoms with Crippen LogP contribution in [-0.2, 0) is 9.84 Å². The molecule has 0 radical (unpaired) electrons. The lowest BCUT2D eigenvalue weighted by Gasteiger charge is -2.11. The van der Waals surface area contributed by atoms with Crippen LogP contribution in [0.2, 0.25) is 0 Å². The minimum atomic E-state index is -3.08. The van der Waals surface area contributed by atoms with Gasteiger partial charge in [0, 0.05) is 23.5 Å². The van der Waals surface area contributed by atoms with Gasteiger partial charge in [0.2, 0.25) is 0 Å². The molecule has 136 valence electrons. The minimum absolute atomic E-state index is 0.0632. The van der Waals surface area contributed by atoms with Gasteiger partial charge in [-0.25, -0.2) is 8.42 Å². The number of pyridine rings is 1. The first-order valence-electron chi connectivity index (χ1n) is 8.18. The molecule has 2 aromatic rings. The van der Waals surface area contributed by atoms with Crippen molar-refractivity contribution < 1.29 is 18.0 Å². The van der Waals surface area contributed by atoms with Crippen LogP contribution in [0.4, 0.5) is 5.69 Å². The third kappa shape index (κ3) is 4.45. The van der Waals surface area contributed by atoms with Crippen molar-refractivity contribution in [3.63, 3.8) is 0 Å². The molecule has 1 aliphatic rings. The molecule has 2 amide bonds. The Kier molecular flexibility index (Phi) is 5.03. The number of nitrogens with zero attached hydrogens (tertiary/aromatic N) is 1. The summed E-state index contributed by atoms with van der Waals surface area (Å²) in [6, 6.07) is 9.87. The molecule has 8 heteroatoms. The van der Waals surface area contributed by atoms with Gasteiger partial charge >= 0.3 is 0 Å². The van der Waals surface area contributed by atoms with Crippen molar-refractivity contribution in [1.82, 2.24) is 10.3 Å². The van der Waals surface area contributed by atoms with Gasteiger partial charge in [-0.2, -0.15) is 0 Å². The molecule has 0 saturated carbocycles. The fraction of sp³-hybridized carbons (Fsp3) is 0.278. The lowest BCUT2D eigenvalue weighted by Crippen LogP contribution is -2.36. The van der Waals surface area contributed by atoms with Crippen molar-refractivity contribution in [2.45, 2.75) is 19.4 Å². The summed E-state index contributed by atoms with van der Waals surface area (Å²) in [5.41, 5.74) is 2.05. The van der Waals surface area contributed by atoms with Crippen LogP contribution in [0.25, 0.3) is 0 Å². The van der Waals surface area contributed by atoms with Gasteiger partial charge in [-0.05, 0) is 43.2 Å². The molecule has 1 unspecified atom stereocenters. The van der Waals surface area contributed by atoms with Crippen LogP contribution in [-0.4, -0.2) is 42.8 Å². The highest BCUT2D eigenvalue weighted by Gasteiger charge is 2.29. The van der Waals surface area contributed by atoms with E-state index in [9.17, 15) is 18.0 Å². The molecule has 26 heavy (non-hydrogen) atoms. The topological polar surface area (TPSA) is 105 Å². The van der Waals surface area contributed by atoms with Gasteiger partial charge in [0.1, 0.15) is 5.69 Å². The van der Waals surface area contributed by atoms with Crippen LogP contribution in [0.3, 0.4) is 0 Å². The summed E-state index contributed by atoms with van der Waals surface area (Å²) < 4.78 is 23.0. The van der Waals surface area contributed by atoms with Crippen LogP contribution in [0.5, 0.6) is 0 Å². The van der Waals surface area contributed by atoms with E-state index in [2.05, 4.69) is 15.6 Å². The summed E-state index contributed by atoms with van der Waals surface area (Å²) in [4.78, 5) is 28.6. The molecule has 0 aliphatic carbocycles. The second-order valence-corrected chi connectivity index (χ2v) is 8.56. The van der Waals surface area contributed by atoms with Gasteiger partial charge in [0.05, 0.1) is 11.5 Å². The van der Waals surface area contributed by atoms with Crippen molar-refractivity contribution in [2.75, 3.05) is 16.8 Å². The molecule has 7 nitrogen and oxygen atoms in total. The third-order valence-corrected chi connectivity index (χ3v) is 5.87. The standard InChI is InChI=1S/C18H19N3O4S/c1-12-3-2-4-14(9-12)20-17(22)13-5-7-19-16(10-13)18(23)21-15-6-8-26(24,25)11-15/h2-5,7,9-10,15H,6,8,11H2,1H3,(H,20,22)(H,21,23). The smallest absolute Gasteiger partial charge is 0.270 e. The first-order chi connectivity index (χ1) is 12.3. The zero-order chi connectivity index (χ0) is 18.7. The summed E-state index contributed by atoms with van der Waals surface area (Å²) in [5.74, 6) is -0.829. The molecular formula is C18H19N3O4S. The molecule has 1 aromatic heterocycles. The number of carbonyl (C=O) groups is 2. The number of hydrogen-bond acceptors (Lipinski definition) is 5. The van der Waals surface area contributed by atoms with E-state index in [1.807, 2.05) is 25.1 Å². The molecule has 2 N–H and O–H groups in total. The number of anilines is 1. The number of sulfone groups is 1. The van der Waals surface area contributed by atoms with Gasteiger partial charge in [-0.3, -0.25) is 14.6 Å². The number of hydrogen-bond donors (Lipinski definition) is 2. The summed E-state index contributed by atoms with van der Waals surface area (Å²) in [5, 5.41) is 5.43. The molecule has 1 atom stereocenters. The zero-order valence-electron chi connectivity index (χ0n) is 14.2. The van der Waals surface area contributed by atoms with Crippen LogP contribution in [0.1, 0.15) is 32.8 Å². The Bertz CT molecular complexity index is 956. The second kappa shape index (κ2) is 7.25. The molecule has 1 fully saturated rings. The zero-order valence-corrected chi connectivity index (χ0v) is 15.0. The highest BCUT2D eigenvalue weighted by atomic mass is 32.2. The van der Waals surface area contributed by atoms with E-state index in [0.717, 1.165) is 5.56 Å². The van der Waals surface area contributed by atoms with Gasteiger partial charge < -0.3 is 10.6 Å².